The third-order valence-electron chi connectivity index (χ3n) is 5.23. The largest absolute Gasteiger partial charge is 0.508 e. The second kappa shape index (κ2) is 15.2. The third-order valence-corrected chi connectivity index (χ3v) is 5.23. The number of hydrogen-bond donors (Lipinski definition) is 3. The lowest BCUT2D eigenvalue weighted by Gasteiger charge is -2.32. The van der Waals surface area contributed by atoms with Crippen molar-refractivity contribution in [2.24, 2.45) is 0 Å². The fraction of sp³-hybridized carbons (Fsp3) is 0.654. The molecule has 0 aliphatic heterocycles. The van der Waals surface area contributed by atoms with Gasteiger partial charge in [0.2, 0.25) is 11.8 Å². The van der Waals surface area contributed by atoms with Crippen LogP contribution in [-0.2, 0) is 14.3 Å². The summed E-state index contributed by atoms with van der Waals surface area (Å²) < 4.78 is 5.23. The molecule has 0 saturated heterocycles. The zero-order valence-corrected chi connectivity index (χ0v) is 21.5. The summed E-state index contributed by atoms with van der Waals surface area (Å²) in [5.74, 6) is -0.823. The van der Waals surface area contributed by atoms with Crippen LogP contribution < -0.4 is 10.6 Å². The molecule has 1 unspecified atom stereocenters. The summed E-state index contributed by atoms with van der Waals surface area (Å²) in [4.78, 5) is 40.1. The number of nitrogens with zero attached hydrogens (tertiary/aromatic N) is 1. The van der Waals surface area contributed by atoms with Crippen molar-refractivity contribution >= 4 is 17.9 Å². The van der Waals surface area contributed by atoms with Gasteiger partial charge >= 0.3 is 6.09 Å². The van der Waals surface area contributed by atoms with Crippen molar-refractivity contribution in [3.8, 4) is 5.75 Å². The van der Waals surface area contributed by atoms with Gasteiger partial charge in [-0.1, -0.05) is 64.2 Å². The fourth-order valence-electron chi connectivity index (χ4n) is 3.50. The first-order chi connectivity index (χ1) is 16.1. The summed E-state index contributed by atoms with van der Waals surface area (Å²) in [6.07, 6.45) is 5.91. The molecule has 3 amide bonds. The van der Waals surface area contributed by atoms with Crippen LogP contribution in [0.3, 0.4) is 0 Å². The lowest BCUT2D eigenvalue weighted by molar-refractivity contribution is -0.140. The van der Waals surface area contributed by atoms with Gasteiger partial charge in [-0.15, -0.1) is 0 Å². The molecule has 34 heavy (non-hydrogen) atoms. The molecule has 0 aromatic heterocycles. The van der Waals surface area contributed by atoms with E-state index in [0.717, 1.165) is 38.5 Å². The van der Waals surface area contributed by atoms with Crippen molar-refractivity contribution < 1.29 is 24.2 Å². The molecule has 1 aromatic rings. The maximum absolute atomic E-state index is 13.3. The predicted molar refractivity (Wildman–Crippen MR) is 133 cm³/mol. The van der Waals surface area contributed by atoms with Crippen LogP contribution in [0.5, 0.6) is 5.75 Å². The SMILES string of the molecule is CCCCCCCN(C(=O)CNC(=O)OC(C)(C)C)C(C(=O)NCCCC)c1ccccc1O. The maximum Gasteiger partial charge on any atom is 0.408 e. The highest BCUT2D eigenvalue weighted by Gasteiger charge is 2.33. The number of carbonyl (C=O) groups excluding carboxylic acids is 3. The number of amides is 3. The highest BCUT2D eigenvalue weighted by Crippen LogP contribution is 2.29. The van der Waals surface area contributed by atoms with Crippen LogP contribution in [0.4, 0.5) is 4.79 Å². The monoisotopic (exact) mass is 477 g/mol. The number of hydrogen-bond acceptors (Lipinski definition) is 5. The normalized spacial score (nSPS) is 12.0. The highest BCUT2D eigenvalue weighted by molar-refractivity contribution is 5.90. The van der Waals surface area contributed by atoms with Crippen molar-refractivity contribution in [2.45, 2.75) is 91.2 Å². The molecular formula is C26H43N3O5. The standard InChI is InChI=1S/C26H43N3O5/c1-6-8-10-11-14-18-29(22(31)19-28-25(33)34-26(3,4)5)23(24(32)27-17-9-7-2)20-15-12-13-16-21(20)30/h12-13,15-16,23,30H,6-11,14,17-19H2,1-5H3,(H,27,32)(H,28,33). The van der Waals surface area contributed by atoms with Crippen LogP contribution in [0.25, 0.3) is 0 Å². The number of nitrogens with one attached hydrogen (secondary N) is 2. The second-order valence-electron chi connectivity index (χ2n) is 9.46. The van der Waals surface area contributed by atoms with E-state index in [1.807, 2.05) is 6.92 Å². The highest BCUT2D eigenvalue weighted by atomic mass is 16.6. The van der Waals surface area contributed by atoms with E-state index in [1.54, 1.807) is 39.0 Å². The molecule has 1 atom stereocenters. The zero-order chi connectivity index (χ0) is 25.6. The zero-order valence-electron chi connectivity index (χ0n) is 21.5. The van der Waals surface area contributed by atoms with Crippen LogP contribution in [0.15, 0.2) is 24.3 Å². The fourth-order valence-corrected chi connectivity index (χ4v) is 3.50. The Morgan fingerprint density at radius 2 is 1.62 bits per heavy atom. The van der Waals surface area contributed by atoms with Crippen molar-refractivity contribution in [3.63, 3.8) is 0 Å². The topological polar surface area (TPSA) is 108 Å². The second-order valence-corrected chi connectivity index (χ2v) is 9.46. The van der Waals surface area contributed by atoms with Crippen LogP contribution in [0.1, 0.15) is 91.2 Å². The Morgan fingerprint density at radius 3 is 2.24 bits per heavy atom. The van der Waals surface area contributed by atoms with Gasteiger partial charge in [-0.3, -0.25) is 9.59 Å². The van der Waals surface area contributed by atoms with Crippen LogP contribution in [0.2, 0.25) is 0 Å². The van der Waals surface area contributed by atoms with Gasteiger partial charge in [0.1, 0.15) is 23.9 Å². The lowest BCUT2D eigenvalue weighted by Crippen LogP contribution is -2.48. The minimum Gasteiger partial charge on any atom is -0.508 e. The van der Waals surface area contributed by atoms with E-state index in [9.17, 15) is 19.5 Å². The summed E-state index contributed by atoms with van der Waals surface area (Å²) in [6, 6.07) is 5.55. The molecule has 0 fully saturated rings. The number of unbranched alkanes of at least 4 members (excludes halogenated alkanes) is 5. The molecule has 0 spiro atoms. The molecular weight excluding hydrogens is 434 g/mol. The van der Waals surface area contributed by atoms with E-state index in [2.05, 4.69) is 17.6 Å². The molecule has 0 heterocycles. The molecule has 1 aromatic carbocycles. The average Bonchev–Trinajstić information content (AvgIpc) is 2.76. The summed E-state index contributed by atoms with van der Waals surface area (Å²) in [5.41, 5.74) is -0.334. The lowest BCUT2D eigenvalue weighted by atomic mass is 10.0. The smallest absolute Gasteiger partial charge is 0.408 e. The summed E-state index contributed by atoms with van der Waals surface area (Å²) >= 11 is 0. The molecule has 8 nitrogen and oxygen atoms in total. The van der Waals surface area contributed by atoms with E-state index in [1.165, 1.54) is 11.0 Å². The number of para-hydroxylation sites is 1. The quantitative estimate of drug-likeness (QED) is 0.337. The summed E-state index contributed by atoms with van der Waals surface area (Å²) in [6.45, 7) is 9.89. The molecule has 0 aliphatic carbocycles. The Labute approximate surface area is 204 Å². The summed E-state index contributed by atoms with van der Waals surface area (Å²) in [5, 5.41) is 15.9. The first-order valence-corrected chi connectivity index (χ1v) is 12.4. The maximum atomic E-state index is 13.3. The van der Waals surface area contributed by atoms with Gasteiger partial charge < -0.3 is 25.4 Å². The van der Waals surface area contributed by atoms with Crippen molar-refractivity contribution in [2.75, 3.05) is 19.6 Å². The Morgan fingerprint density at radius 1 is 0.971 bits per heavy atom. The molecule has 0 radical (unpaired) electrons. The molecule has 192 valence electrons. The predicted octanol–water partition coefficient (Wildman–Crippen LogP) is 4.67. The molecule has 0 bridgehead atoms. The third kappa shape index (κ3) is 10.9. The molecule has 8 heteroatoms. The molecule has 0 saturated carbocycles. The van der Waals surface area contributed by atoms with E-state index >= 15 is 0 Å². The number of alkyl carbamates (subject to hydrolysis) is 1. The van der Waals surface area contributed by atoms with E-state index in [0.29, 0.717) is 25.1 Å². The Kier molecular flexibility index (Phi) is 13.1. The number of phenols is 1. The van der Waals surface area contributed by atoms with Gasteiger partial charge in [-0.25, -0.2) is 4.79 Å². The Bertz CT molecular complexity index is 776. The summed E-state index contributed by atoms with van der Waals surface area (Å²) in [7, 11) is 0. The first kappa shape index (κ1) is 29.3. The van der Waals surface area contributed by atoms with Gasteiger partial charge in [0, 0.05) is 18.7 Å². The van der Waals surface area contributed by atoms with Gasteiger partial charge in [-0.05, 0) is 39.7 Å². The number of ether oxygens (including phenoxy) is 1. The van der Waals surface area contributed by atoms with Gasteiger partial charge in [0.15, 0.2) is 0 Å². The molecule has 1 rings (SSSR count). The number of aromatic hydroxyl groups is 1. The minimum absolute atomic E-state index is 0.0537. The molecule has 0 aliphatic rings. The Balaban J connectivity index is 3.14. The number of carbonyl (C=O) groups is 3. The average molecular weight is 478 g/mol. The van der Waals surface area contributed by atoms with Crippen molar-refractivity contribution in [3.05, 3.63) is 29.8 Å². The number of benzene rings is 1. The van der Waals surface area contributed by atoms with E-state index in [4.69, 9.17) is 4.74 Å². The van der Waals surface area contributed by atoms with Gasteiger partial charge in [-0.2, -0.15) is 0 Å². The van der Waals surface area contributed by atoms with E-state index in [-0.39, 0.29) is 18.2 Å². The van der Waals surface area contributed by atoms with Crippen molar-refractivity contribution in [1.29, 1.82) is 0 Å². The Hall–Kier alpha value is -2.77. The minimum atomic E-state index is -1.00. The van der Waals surface area contributed by atoms with Gasteiger partial charge in [0.05, 0.1) is 0 Å². The first-order valence-electron chi connectivity index (χ1n) is 12.4. The van der Waals surface area contributed by atoms with Crippen LogP contribution in [0, 0.1) is 0 Å². The molecule has 3 N–H and O–H groups in total. The van der Waals surface area contributed by atoms with Crippen LogP contribution in [-0.4, -0.2) is 53.1 Å². The number of phenolic OH excluding ortho intramolecular Hbond substituents is 1. The van der Waals surface area contributed by atoms with Crippen molar-refractivity contribution in [1.82, 2.24) is 15.5 Å². The van der Waals surface area contributed by atoms with E-state index < -0.39 is 23.6 Å². The number of rotatable bonds is 14. The van der Waals surface area contributed by atoms with Crippen LogP contribution >= 0.6 is 0 Å². The van der Waals surface area contributed by atoms with Gasteiger partial charge in [0.25, 0.3) is 0 Å².